The molecule has 1 aromatic heterocycles. The van der Waals surface area contributed by atoms with Crippen molar-refractivity contribution in [1.82, 2.24) is 19.8 Å². The van der Waals surface area contributed by atoms with Crippen molar-refractivity contribution in [1.29, 1.82) is 0 Å². The predicted molar refractivity (Wildman–Crippen MR) is 128 cm³/mol. The molecule has 2 saturated heterocycles. The molecule has 10 heteroatoms. The van der Waals surface area contributed by atoms with Crippen molar-refractivity contribution in [2.75, 3.05) is 55.3 Å². The number of carbonyl (C=O) groups is 2. The Morgan fingerprint density at radius 3 is 2.56 bits per heavy atom. The summed E-state index contributed by atoms with van der Waals surface area (Å²) in [6.45, 7) is 5.46. The van der Waals surface area contributed by atoms with Crippen LogP contribution < -0.4 is 20.7 Å². The van der Waals surface area contributed by atoms with E-state index in [4.69, 9.17) is 10.5 Å². The number of nitrogens with one attached hydrogen (secondary N) is 1. The lowest BCUT2D eigenvalue weighted by molar-refractivity contribution is -0.128. The summed E-state index contributed by atoms with van der Waals surface area (Å²) in [5.41, 5.74) is 8.93. The van der Waals surface area contributed by atoms with Gasteiger partial charge in [0.2, 0.25) is 11.8 Å². The standard InChI is InChI=1S/C24H31N7O3/c25-22-21-23(28-24(27-22)34-12-11-30-10-4-7-20(30)33)31(16-19(32)26-21)15-18-6-3-5-17(13-18)14-29-8-1-2-9-29/h3,5-6,13H,1-2,4,7-12,14-16H2,(H,26,32)(H2,25,27,28). The van der Waals surface area contributed by atoms with Gasteiger partial charge in [-0.05, 0) is 43.5 Å². The molecule has 34 heavy (non-hydrogen) atoms. The van der Waals surface area contributed by atoms with E-state index in [0.717, 1.165) is 38.2 Å². The van der Waals surface area contributed by atoms with Crippen molar-refractivity contribution in [2.45, 2.75) is 38.8 Å². The Bertz CT molecular complexity index is 1070. The van der Waals surface area contributed by atoms with Crippen molar-refractivity contribution in [3.05, 3.63) is 35.4 Å². The summed E-state index contributed by atoms with van der Waals surface area (Å²) in [6.07, 6.45) is 4.00. The number of anilines is 3. The number of nitrogens with zero attached hydrogens (tertiary/aromatic N) is 5. The van der Waals surface area contributed by atoms with E-state index in [2.05, 4.69) is 44.5 Å². The molecule has 5 rings (SSSR count). The minimum Gasteiger partial charge on any atom is -0.461 e. The lowest BCUT2D eigenvalue weighted by Gasteiger charge is -2.30. The van der Waals surface area contributed by atoms with Crippen LogP contribution in [0.15, 0.2) is 24.3 Å². The average Bonchev–Trinajstić information content (AvgIpc) is 3.47. The minimum atomic E-state index is -0.155. The third kappa shape index (κ3) is 5.06. The van der Waals surface area contributed by atoms with E-state index in [9.17, 15) is 9.59 Å². The van der Waals surface area contributed by atoms with Crippen LogP contribution in [0.25, 0.3) is 0 Å². The predicted octanol–water partition coefficient (Wildman–Crippen LogP) is 1.61. The average molecular weight is 466 g/mol. The maximum atomic E-state index is 12.4. The second kappa shape index (κ2) is 9.84. The number of aromatic nitrogens is 2. The first-order valence-electron chi connectivity index (χ1n) is 12.0. The fourth-order valence-electron chi connectivity index (χ4n) is 4.85. The lowest BCUT2D eigenvalue weighted by Crippen LogP contribution is -2.39. The van der Waals surface area contributed by atoms with Gasteiger partial charge in [0.15, 0.2) is 11.6 Å². The second-order valence-corrected chi connectivity index (χ2v) is 9.13. The van der Waals surface area contributed by atoms with Crippen LogP contribution >= 0.6 is 0 Å². The number of hydrogen-bond donors (Lipinski definition) is 2. The van der Waals surface area contributed by atoms with Crippen LogP contribution in [0.2, 0.25) is 0 Å². The number of benzene rings is 1. The van der Waals surface area contributed by atoms with Gasteiger partial charge in [0, 0.05) is 26.1 Å². The molecule has 0 saturated carbocycles. The van der Waals surface area contributed by atoms with Gasteiger partial charge in [-0.2, -0.15) is 9.97 Å². The smallest absolute Gasteiger partial charge is 0.320 e. The first kappa shape index (κ1) is 22.4. The molecule has 0 atom stereocenters. The topological polar surface area (TPSA) is 117 Å². The molecule has 180 valence electrons. The number of amides is 2. The summed E-state index contributed by atoms with van der Waals surface area (Å²) in [4.78, 5) is 39.1. The monoisotopic (exact) mass is 465 g/mol. The number of nitrogens with two attached hydrogens (primary N) is 1. The first-order chi connectivity index (χ1) is 16.5. The second-order valence-electron chi connectivity index (χ2n) is 9.13. The number of nitrogen functional groups attached to an aromatic ring is 1. The van der Waals surface area contributed by atoms with Crippen LogP contribution in [0.5, 0.6) is 6.01 Å². The van der Waals surface area contributed by atoms with Gasteiger partial charge in [-0.25, -0.2) is 0 Å². The number of hydrogen-bond acceptors (Lipinski definition) is 8. The molecule has 4 heterocycles. The lowest BCUT2D eigenvalue weighted by atomic mass is 10.1. The van der Waals surface area contributed by atoms with Gasteiger partial charge in [0.1, 0.15) is 12.3 Å². The first-order valence-corrected chi connectivity index (χ1v) is 12.0. The van der Waals surface area contributed by atoms with Crippen molar-refractivity contribution in [2.24, 2.45) is 0 Å². The molecule has 0 radical (unpaired) electrons. The van der Waals surface area contributed by atoms with Gasteiger partial charge in [0.05, 0.1) is 13.1 Å². The number of rotatable bonds is 8. The molecule has 2 fully saturated rings. The van der Waals surface area contributed by atoms with E-state index < -0.39 is 0 Å². The highest BCUT2D eigenvalue weighted by molar-refractivity contribution is 6.03. The summed E-state index contributed by atoms with van der Waals surface area (Å²) < 4.78 is 5.74. The highest BCUT2D eigenvalue weighted by atomic mass is 16.5. The van der Waals surface area contributed by atoms with Crippen LogP contribution in [0, 0.1) is 0 Å². The molecule has 2 amide bonds. The van der Waals surface area contributed by atoms with E-state index in [0.29, 0.717) is 31.0 Å². The van der Waals surface area contributed by atoms with Crippen LogP contribution in [0.3, 0.4) is 0 Å². The van der Waals surface area contributed by atoms with E-state index in [1.165, 1.54) is 18.4 Å². The summed E-state index contributed by atoms with van der Waals surface area (Å²) in [7, 11) is 0. The molecule has 1 aromatic carbocycles. The van der Waals surface area contributed by atoms with Gasteiger partial charge in [-0.3, -0.25) is 14.5 Å². The van der Waals surface area contributed by atoms with Gasteiger partial charge in [-0.1, -0.05) is 24.3 Å². The zero-order chi connectivity index (χ0) is 23.5. The molecular weight excluding hydrogens is 434 g/mol. The molecular formula is C24H31N7O3. The van der Waals surface area contributed by atoms with Crippen LogP contribution in [0.1, 0.15) is 36.8 Å². The molecule has 2 aromatic rings. The fraction of sp³-hybridized carbons (Fsp3) is 0.500. The Labute approximate surface area is 199 Å². The Balaban J connectivity index is 1.30. The minimum absolute atomic E-state index is 0.145. The molecule has 0 bridgehead atoms. The summed E-state index contributed by atoms with van der Waals surface area (Å²) >= 11 is 0. The Morgan fingerprint density at radius 1 is 1.00 bits per heavy atom. The van der Waals surface area contributed by atoms with Gasteiger partial charge < -0.3 is 25.6 Å². The molecule has 3 aliphatic rings. The van der Waals surface area contributed by atoms with E-state index in [1.807, 2.05) is 4.90 Å². The van der Waals surface area contributed by atoms with Crippen molar-refractivity contribution in [3.63, 3.8) is 0 Å². The summed E-state index contributed by atoms with van der Waals surface area (Å²) in [5, 5.41) is 2.79. The summed E-state index contributed by atoms with van der Waals surface area (Å²) in [6, 6.07) is 8.62. The zero-order valence-electron chi connectivity index (χ0n) is 19.3. The zero-order valence-corrected chi connectivity index (χ0v) is 19.3. The fourth-order valence-corrected chi connectivity index (χ4v) is 4.85. The molecule has 0 spiro atoms. The summed E-state index contributed by atoms with van der Waals surface area (Å²) in [5.74, 6) is 0.704. The molecule has 0 aliphatic carbocycles. The quantitative estimate of drug-likeness (QED) is 0.604. The van der Waals surface area contributed by atoms with Gasteiger partial charge in [-0.15, -0.1) is 0 Å². The van der Waals surface area contributed by atoms with E-state index >= 15 is 0 Å². The Hall–Kier alpha value is -3.40. The van der Waals surface area contributed by atoms with Crippen molar-refractivity contribution >= 4 is 29.1 Å². The molecule has 3 N–H and O–H groups in total. The number of ether oxygens (including phenoxy) is 1. The maximum Gasteiger partial charge on any atom is 0.320 e. The van der Waals surface area contributed by atoms with Crippen LogP contribution in [-0.4, -0.2) is 70.9 Å². The highest BCUT2D eigenvalue weighted by Crippen LogP contribution is 2.34. The third-order valence-electron chi connectivity index (χ3n) is 6.53. The van der Waals surface area contributed by atoms with E-state index in [1.54, 1.807) is 4.90 Å². The van der Waals surface area contributed by atoms with Crippen LogP contribution in [-0.2, 0) is 22.7 Å². The van der Waals surface area contributed by atoms with Crippen molar-refractivity contribution < 1.29 is 14.3 Å². The van der Waals surface area contributed by atoms with Crippen molar-refractivity contribution in [3.8, 4) is 6.01 Å². The molecule has 10 nitrogen and oxygen atoms in total. The Kier molecular flexibility index (Phi) is 6.48. The normalized spacial score (nSPS) is 18.4. The number of likely N-dealkylation sites (tertiary alicyclic amines) is 2. The maximum absolute atomic E-state index is 12.4. The highest BCUT2D eigenvalue weighted by Gasteiger charge is 2.28. The largest absolute Gasteiger partial charge is 0.461 e. The SMILES string of the molecule is Nc1nc(OCCN2CCCC2=O)nc2c1NC(=O)CN2Cc1cccc(CN2CCCC2)c1. The molecule has 0 unspecified atom stereocenters. The van der Waals surface area contributed by atoms with E-state index in [-0.39, 0.29) is 36.8 Å². The number of carbonyl (C=O) groups excluding carboxylic acids is 2. The van der Waals surface area contributed by atoms with Crippen LogP contribution in [0.4, 0.5) is 17.3 Å². The Morgan fingerprint density at radius 2 is 1.79 bits per heavy atom. The van der Waals surface area contributed by atoms with Gasteiger partial charge >= 0.3 is 6.01 Å². The molecule has 3 aliphatic heterocycles. The van der Waals surface area contributed by atoms with Gasteiger partial charge in [0.25, 0.3) is 0 Å². The third-order valence-corrected chi connectivity index (χ3v) is 6.53. The number of fused-ring (bicyclic) bond motifs is 1.